The normalized spacial score (nSPS) is 14.5. The second-order valence-electron chi connectivity index (χ2n) is 6.85. The van der Waals surface area contributed by atoms with Gasteiger partial charge >= 0.3 is 0 Å². The topological polar surface area (TPSA) is 85.2 Å². The van der Waals surface area contributed by atoms with Gasteiger partial charge in [-0.25, -0.2) is 0 Å². The van der Waals surface area contributed by atoms with E-state index in [-0.39, 0.29) is 22.9 Å². The molecule has 3 rings (SSSR count). The molecule has 154 valence electrons. The largest absolute Gasteiger partial charge is 0.493 e. The first-order chi connectivity index (χ1) is 14.0. The molecule has 0 radical (unpaired) electrons. The van der Waals surface area contributed by atoms with Crippen LogP contribution in [0, 0.1) is 10.1 Å². The maximum atomic E-state index is 13.0. The van der Waals surface area contributed by atoms with Crippen LogP contribution >= 0.6 is 0 Å². The molecule has 8 heteroatoms. The van der Waals surface area contributed by atoms with E-state index in [1.165, 1.54) is 31.9 Å². The van der Waals surface area contributed by atoms with E-state index in [0.717, 1.165) is 26.1 Å². The monoisotopic (exact) mass is 399 g/mol. The molecule has 0 spiro atoms. The molecule has 0 atom stereocenters. The van der Waals surface area contributed by atoms with E-state index in [2.05, 4.69) is 17.0 Å². The Kier molecular flexibility index (Phi) is 6.66. The summed E-state index contributed by atoms with van der Waals surface area (Å²) in [5.74, 6) is 0.157. The van der Waals surface area contributed by atoms with Crippen molar-refractivity contribution in [3.05, 3.63) is 63.7 Å². The predicted octanol–water partition coefficient (Wildman–Crippen LogP) is 2.61. The number of piperazine rings is 1. The molecule has 0 unspecified atom stereocenters. The standard InChI is InChI=1S/C21H25N3O5/c1-28-19-14-17(18(24(26)27)15-20(19)29-2)21(25)23-12-10-22(11-13-23)9-8-16-6-4-3-5-7-16/h3-7,14-15H,8-13H2,1-2H3. The van der Waals surface area contributed by atoms with Crippen molar-refractivity contribution < 1.29 is 19.2 Å². The van der Waals surface area contributed by atoms with Gasteiger partial charge in [-0.1, -0.05) is 30.3 Å². The van der Waals surface area contributed by atoms with Gasteiger partial charge in [0, 0.05) is 38.8 Å². The molecule has 2 aromatic rings. The number of nitro benzene ring substituents is 1. The molecule has 29 heavy (non-hydrogen) atoms. The highest BCUT2D eigenvalue weighted by Gasteiger charge is 2.29. The first-order valence-electron chi connectivity index (χ1n) is 9.49. The molecule has 1 fully saturated rings. The number of hydrogen-bond donors (Lipinski definition) is 0. The molecule has 0 bridgehead atoms. The quantitative estimate of drug-likeness (QED) is 0.526. The van der Waals surface area contributed by atoms with Gasteiger partial charge in [0.2, 0.25) is 0 Å². The highest BCUT2D eigenvalue weighted by Crippen LogP contribution is 2.35. The Hall–Kier alpha value is -3.13. The summed E-state index contributed by atoms with van der Waals surface area (Å²) in [5.41, 5.74) is 1.02. The van der Waals surface area contributed by atoms with Crippen molar-refractivity contribution in [3.8, 4) is 11.5 Å². The van der Waals surface area contributed by atoms with Gasteiger partial charge in [0.1, 0.15) is 5.56 Å². The Bertz CT molecular complexity index is 864. The van der Waals surface area contributed by atoms with Crippen LogP contribution < -0.4 is 9.47 Å². The number of nitrogens with zero attached hydrogens (tertiary/aromatic N) is 3. The van der Waals surface area contributed by atoms with Crippen LogP contribution in [0.4, 0.5) is 5.69 Å². The fourth-order valence-electron chi connectivity index (χ4n) is 3.47. The molecule has 1 saturated heterocycles. The third-order valence-corrected chi connectivity index (χ3v) is 5.15. The fraction of sp³-hybridized carbons (Fsp3) is 0.381. The van der Waals surface area contributed by atoms with E-state index in [4.69, 9.17) is 9.47 Å². The van der Waals surface area contributed by atoms with E-state index in [0.29, 0.717) is 18.8 Å². The number of carbonyl (C=O) groups is 1. The summed E-state index contributed by atoms with van der Waals surface area (Å²) in [5, 5.41) is 11.5. The number of ether oxygens (including phenoxy) is 2. The van der Waals surface area contributed by atoms with Gasteiger partial charge in [-0.3, -0.25) is 19.8 Å². The smallest absolute Gasteiger partial charge is 0.286 e. The molecular weight excluding hydrogens is 374 g/mol. The van der Waals surface area contributed by atoms with Crippen molar-refractivity contribution in [3.63, 3.8) is 0 Å². The summed E-state index contributed by atoms with van der Waals surface area (Å²) in [6, 6.07) is 12.9. The first kappa shape index (κ1) is 20.6. The van der Waals surface area contributed by atoms with E-state index in [1.54, 1.807) is 4.90 Å². The zero-order valence-corrected chi connectivity index (χ0v) is 16.7. The molecule has 0 aromatic heterocycles. The van der Waals surface area contributed by atoms with E-state index in [9.17, 15) is 14.9 Å². The third-order valence-electron chi connectivity index (χ3n) is 5.15. The summed E-state index contributed by atoms with van der Waals surface area (Å²) >= 11 is 0. The van der Waals surface area contributed by atoms with Crippen LogP contribution in [0.2, 0.25) is 0 Å². The van der Waals surface area contributed by atoms with Crippen molar-refractivity contribution >= 4 is 11.6 Å². The molecule has 1 amide bonds. The van der Waals surface area contributed by atoms with Crippen molar-refractivity contribution in [2.24, 2.45) is 0 Å². The maximum absolute atomic E-state index is 13.0. The molecule has 0 N–H and O–H groups in total. The number of nitro groups is 1. The summed E-state index contributed by atoms with van der Waals surface area (Å²) < 4.78 is 10.3. The van der Waals surface area contributed by atoms with Gasteiger partial charge in [-0.05, 0) is 12.0 Å². The van der Waals surface area contributed by atoms with Crippen LogP contribution in [-0.2, 0) is 6.42 Å². The van der Waals surface area contributed by atoms with Crippen molar-refractivity contribution in [2.45, 2.75) is 6.42 Å². The Morgan fingerprint density at radius 1 is 1.03 bits per heavy atom. The highest BCUT2D eigenvalue weighted by atomic mass is 16.6. The van der Waals surface area contributed by atoms with E-state index >= 15 is 0 Å². The summed E-state index contributed by atoms with van der Waals surface area (Å²) in [6.07, 6.45) is 0.954. The van der Waals surface area contributed by atoms with E-state index in [1.807, 2.05) is 18.2 Å². The fourth-order valence-corrected chi connectivity index (χ4v) is 3.47. The Labute approximate surface area is 169 Å². The van der Waals surface area contributed by atoms with Gasteiger partial charge in [0.25, 0.3) is 11.6 Å². The highest BCUT2D eigenvalue weighted by molar-refractivity contribution is 5.99. The second-order valence-corrected chi connectivity index (χ2v) is 6.85. The van der Waals surface area contributed by atoms with Crippen LogP contribution in [-0.4, -0.2) is 67.6 Å². The van der Waals surface area contributed by atoms with Crippen molar-refractivity contribution in [2.75, 3.05) is 46.9 Å². The van der Waals surface area contributed by atoms with Crippen molar-refractivity contribution in [1.82, 2.24) is 9.80 Å². The lowest BCUT2D eigenvalue weighted by Crippen LogP contribution is -2.49. The lowest BCUT2D eigenvalue weighted by atomic mass is 10.1. The Morgan fingerprint density at radius 2 is 1.66 bits per heavy atom. The Morgan fingerprint density at radius 3 is 2.24 bits per heavy atom. The zero-order chi connectivity index (χ0) is 20.8. The first-order valence-corrected chi connectivity index (χ1v) is 9.49. The van der Waals surface area contributed by atoms with Gasteiger partial charge in [0.05, 0.1) is 25.2 Å². The maximum Gasteiger partial charge on any atom is 0.286 e. The van der Waals surface area contributed by atoms with Gasteiger partial charge in [-0.2, -0.15) is 0 Å². The predicted molar refractivity (Wildman–Crippen MR) is 109 cm³/mol. The van der Waals surface area contributed by atoms with Crippen LogP contribution in [0.5, 0.6) is 11.5 Å². The average Bonchev–Trinajstić information content (AvgIpc) is 2.77. The van der Waals surface area contributed by atoms with Crippen LogP contribution in [0.3, 0.4) is 0 Å². The number of benzene rings is 2. The summed E-state index contributed by atoms with van der Waals surface area (Å²) in [6.45, 7) is 3.44. The van der Waals surface area contributed by atoms with Gasteiger partial charge in [0.15, 0.2) is 11.5 Å². The lowest BCUT2D eigenvalue weighted by Gasteiger charge is -2.34. The van der Waals surface area contributed by atoms with E-state index < -0.39 is 4.92 Å². The minimum atomic E-state index is -0.564. The minimum Gasteiger partial charge on any atom is -0.493 e. The average molecular weight is 399 g/mol. The zero-order valence-electron chi connectivity index (χ0n) is 16.7. The number of methoxy groups -OCH3 is 2. The second kappa shape index (κ2) is 9.38. The SMILES string of the molecule is COc1cc(C(=O)N2CCN(CCc3ccccc3)CC2)c([N+](=O)[O-])cc1OC. The number of rotatable bonds is 7. The summed E-state index contributed by atoms with van der Waals surface area (Å²) in [7, 11) is 2.83. The number of hydrogen-bond acceptors (Lipinski definition) is 6. The number of carbonyl (C=O) groups excluding carboxylic acids is 1. The van der Waals surface area contributed by atoms with Gasteiger partial charge < -0.3 is 14.4 Å². The molecule has 8 nitrogen and oxygen atoms in total. The minimum absolute atomic E-state index is 0.0189. The lowest BCUT2D eigenvalue weighted by molar-refractivity contribution is -0.385. The summed E-state index contributed by atoms with van der Waals surface area (Å²) in [4.78, 5) is 27.9. The molecular formula is C21H25N3O5. The Balaban J connectivity index is 1.66. The molecule has 0 aliphatic carbocycles. The molecule has 1 aliphatic heterocycles. The van der Waals surface area contributed by atoms with Crippen LogP contribution in [0.25, 0.3) is 0 Å². The molecule has 1 aliphatic rings. The van der Waals surface area contributed by atoms with Crippen molar-refractivity contribution in [1.29, 1.82) is 0 Å². The van der Waals surface area contributed by atoms with Gasteiger partial charge in [-0.15, -0.1) is 0 Å². The molecule has 2 aromatic carbocycles. The third kappa shape index (κ3) is 4.83. The van der Waals surface area contributed by atoms with Crippen LogP contribution in [0.15, 0.2) is 42.5 Å². The molecule has 0 saturated carbocycles. The molecule has 1 heterocycles. The number of amides is 1. The van der Waals surface area contributed by atoms with Crippen LogP contribution in [0.1, 0.15) is 15.9 Å².